The summed E-state index contributed by atoms with van der Waals surface area (Å²) in [6, 6.07) is 5.50. The number of hydrogen-bond acceptors (Lipinski definition) is 3. The van der Waals surface area contributed by atoms with Crippen LogP contribution in [0.5, 0.6) is 0 Å². The van der Waals surface area contributed by atoms with Crippen molar-refractivity contribution in [3.05, 3.63) is 34.4 Å². The second kappa shape index (κ2) is 5.35. The molecule has 1 N–H and O–H groups in total. The monoisotopic (exact) mass is 309 g/mol. The number of fused-ring (bicyclic) bond motifs is 1. The number of rotatable bonds is 4. The van der Waals surface area contributed by atoms with Crippen LogP contribution in [0.1, 0.15) is 23.7 Å². The predicted molar refractivity (Wildman–Crippen MR) is 71.6 cm³/mol. The summed E-state index contributed by atoms with van der Waals surface area (Å²) in [5, 5.41) is 0.711. The Labute approximate surface area is 112 Å². The smallest absolute Gasteiger partial charge is 0.379 e. The third kappa shape index (κ3) is 2.46. The van der Waals surface area contributed by atoms with Gasteiger partial charge >= 0.3 is 5.97 Å². The number of halogens is 1. The molecule has 0 atom stereocenters. The number of benzene rings is 1. The van der Waals surface area contributed by atoms with Crippen LogP contribution >= 0.6 is 15.9 Å². The van der Waals surface area contributed by atoms with Crippen LogP contribution in [-0.4, -0.2) is 23.3 Å². The van der Waals surface area contributed by atoms with E-state index in [1.807, 2.05) is 19.1 Å². The van der Waals surface area contributed by atoms with Gasteiger partial charge in [-0.3, -0.25) is 4.79 Å². The van der Waals surface area contributed by atoms with Gasteiger partial charge in [0.05, 0.1) is 12.2 Å². The fourth-order valence-corrected chi connectivity index (χ4v) is 2.01. The zero-order chi connectivity index (χ0) is 13.1. The van der Waals surface area contributed by atoms with Crippen molar-refractivity contribution in [2.45, 2.75) is 13.3 Å². The molecule has 0 radical (unpaired) electrons. The molecule has 1 aromatic heterocycles. The first-order valence-corrected chi connectivity index (χ1v) is 6.41. The maximum Gasteiger partial charge on any atom is 0.379 e. The number of carbonyl (C=O) groups excluding carboxylic acids is 2. The van der Waals surface area contributed by atoms with Gasteiger partial charge in [0.15, 0.2) is 0 Å². The molecule has 4 nitrogen and oxygen atoms in total. The average Bonchev–Trinajstić information content (AvgIpc) is 2.77. The molecule has 0 saturated heterocycles. The predicted octanol–water partition coefficient (Wildman–Crippen LogP) is 3.07. The molecule has 0 unspecified atom stereocenters. The highest BCUT2D eigenvalue weighted by Gasteiger charge is 2.21. The topological polar surface area (TPSA) is 59.2 Å². The van der Waals surface area contributed by atoms with Gasteiger partial charge in [-0.05, 0) is 24.6 Å². The first kappa shape index (κ1) is 12.8. The molecule has 1 heterocycles. The van der Waals surface area contributed by atoms with Crippen LogP contribution in [0.15, 0.2) is 28.9 Å². The highest BCUT2D eigenvalue weighted by atomic mass is 79.9. The van der Waals surface area contributed by atoms with E-state index in [0.717, 1.165) is 9.99 Å². The normalized spacial score (nSPS) is 10.6. The Hall–Kier alpha value is -1.62. The Balaban J connectivity index is 2.33. The molecule has 2 rings (SSSR count). The molecule has 0 aliphatic rings. The first-order chi connectivity index (χ1) is 8.63. The summed E-state index contributed by atoms with van der Waals surface area (Å²) >= 11 is 3.34. The van der Waals surface area contributed by atoms with Gasteiger partial charge in [-0.15, -0.1) is 0 Å². The minimum Gasteiger partial charge on any atom is -0.460 e. The van der Waals surface area contributed by atoms with Crippen molar-refractivity contribution in [1.29, 1.82) is 0 Å². The van der Waals surface area contributed by atoms with Crippen LogP contribution in [0.3, 0.4) is 0 Å². The van der Waals surface area contributed by atoms with Gasteiger partial charge in [-0.1, -0.05) is 22.9 Å². The third-order valence-electron chi connectivity index (χ3n) is 2.51. The van der Waals surface area contributed by atoms with E-state index in [1.54, 1.807) is 6.07 Å². The molecule has 0 fully saturated rings. The largest absolute Gasteiger partial charge is 0.460 e. The molecule has 94 valence electrons. The van der Waals surface area contributed by atoms with Crippen LogP contribution < -0.4 is 0 Å². The maximum absolute atomic E-state index is 11.9. The number of carbonyl (C=O) groups is 2. The molecule has 0 saturated carbocycles. The quantitative estimate of drug-likeness (QED) is 0.536. The summed E-state index contributed by atoms with van der Waals surface area (Å²) in [5.41, 5.74) is 1.15. The Morgan fingerprint density at radius 1 is 1.39 bits per heavy atom. The van der Waals surface area contributed by atoms with Crippen molar-refractivity contribution < 1.29 is 14.3 Å². The van der Waals surface area contributed by atoms with E-state index in [2.05, 4.69) is 20.9 Å². The van der Waals surface area contributed by atoms with Crippen molar-refractivity contribution in [2.75, 3.05) is 6.61 Å². The fourth-order valence-electron chi connectivity index (χ4n) is 1.65. The summed E-state index contributed by atoms with van der Waals surface area (Å²) in [6.45, 7) is 2.14. The molecule has 0 bridgehead atoms. The van der Waals surface area contributed by atoms with Gasteiger partial charge < -0.3 is 9.72 Å². The van der Waals surface area contributed by atoms with Crippen LogP contribution in [0, 0.1) is 0 Å². The van der Waals surface area contributed by atoms with Gasteiger partial charge in [0, 0.05) is 21.6 Å². The van der Waals surface area contributed by atoms with Gasteiger partial charge in [-0.25, -0.2) is 4.79 Å². The molecule has 1 aromatic carbocycles. The third-order valence-corrected chi connectivity index (χ3v) is 3.00. The van der Waals surface area contributed by atoms with Crippen LogP contribution in [0.4, 0.5) is 0 Å². The number of aromatic nitrogens is 1. The number of ketones is 1. The number of ether oxygens (including phenoxy) is 1. The standard InChI is InChI=1S/C13H12BrNO3/c1-2-5-18-13(17)12(16)10-7-15-11-4-3-8(14)6-9(10)11/h3-4,6-7,15H,2,5H2,1H3. The van der Waals surface area contributed by atoms with Crippen molar-refractivity contribution in [2.24, 2.45) is 0 Å². The average molecular weight is 310 g/mol. The number of nitrogens with one attached hydrogen (secondary N) is 1. The molecule has 0 aliphatic carbocycles. The zero-order valence-corrected chi connectivity index (χ0v) is 11.4. The lowest BCUT2D eigenvalue weighted by Gasteiger charge is -2.01. The Morgan fingerprint density at radius 3 is 2.89 bits per heavy atom. The van der Waals surface area contributed by atoms with Crippen molar-refractivity contribution >= 4 is 38.6 Å². The van der Waals surface area contributed by atoms with Gasteiger partial charge in [0.1, 0.15) is 0 Å². The molecule has 2 aromatic rings. The lowest BCUT2D eigenvalue weighted by atomic mass is 10.1. The second-order valence-corrected chi connectivity index (χ2v) is 4.77. The number of aromatic amines is 1. The van der Waals surface area contributed by atoms with Gasteiger partial charge in [-0.2, -0.15) is 0 Å². The van der Waals surface area contributed by atoms with E-state index in [4.69, 9.17) is 4.74 Å². The highest BCUT2D eigenvalue weighted by Crippen LogP contribution is 2.23. The summed E-state index contributed by atoms with van der Waals surface area (Å²) in [5.74, 6) is -1.43. The molecular weight excluding hydrogens is 298 g/mol. The van der Waals surface area contributed by atoms with Gasteiger partial charge in [0.2, 0.25) is 0 Å². The SMILES string of the molecule is CCCOC(=O)C(=O)c1c[nH]c2ccc(Br)cc12. The fraction of sp³-hybridized carbons (Fsp3) is 0.231. The van der Waals surface area contributed by atoms with Crippen molar-refractivity contribution in [3.63, 3.8) is 0 Å². The summed E-state index contributed by atoms with van der Waals surface area (Å²) in [7, 11) is 0. The minimum absolute atomic E-state index is 0.261. The summed E-state index contributed by atoms with van der Waals surface area (Å²) in [6.07, 6.45) is 2.23. The number of esters is 1. The van der Waals surface area contributed by atoms with E-state index >= 15 is 0 Å². The molecule has 5 heteroatoms. The molecule has 0 aliphatic heterocycles. The van der Waals surface area contributed by atoms with Crippen molar-refractivity contribution in [1.82, 2.24) is 4.98 Å². The molecule has 0 amide bonds. The van der Waals surface area contributed by atoms with Crippen LogP contribution in [0.2, 0.25) is 0 Å². The number of hydrogen-bond donors (Lipinski definition) is 1. The maximum atomic E-state index is 11.9. The summed E-state index contributed by atoms with van der Waals surface area (Å²) < 4.78 is 5.69. The zero-order valence-electron chi connectivity index (χ0n) is 9.83. The van der Waals surface area contributed by atoms with Crippen LogP contribution in [0.25, 0.3) is 10.9 Å². The minimum atomic E-state index is -0.808. The van der Waals surface area contributed by atoms with E-state index in [9.17, 15) is 9.59 Å². The Bertz CT molecular complexity index is 603. The van der Waals surface area contributed by atoms with Crippen LogP contribution in [-0.2, 0) is 9.53 Å². The molecular formula is C13H12BrNO3. The Morgan fingerprint density at radius 2 is 2.17 bits per heavy atom. The van der Waals surface area contributed by atoms with Crippen molar-refractivity contribution in [3.8, 4) is 0 Å². The Kier molecular flexibility index (Phi) is 3.81. The van der Waals surface area contributed by atoms with E-state index in [-0.39, 0.29) is 6.61 Å². The van der Waals surface area contributed by atoms with Gasteiger partial charge in [0.25, 0.3) is 5.78 Å². The summed E-state index contributed by atoms with van der Waals surface area (Å²) in [4.78, 5) is 26.4. The molecule has 18 heavy (non-hydrogen) atoms. The first-order valence-electron chi connectivity index (χ1n) is 5.61. The number of H-pyrrole nitrogens is 1. The molecule has 0 spiro atoms. The van der Waals surface area contributed by atoms with E-state index in [1.165, 1.54) is 6.20 Å². The lowest BCUT2D eigenvalue weighted by Crippen LogP contribution is -2.17. The highest BCUT2D eigenvalue weighted by molar-refractivity contribution is 9.10. The lowest BCUT2D eigenvalue weighted by molar-refractivity contribution is -0.138. The number of Topliss-reactive ketones (excluding diaryl/α,β-unsaturated/α-hetero) is 1. The second-order valence-electron chi connectivity index (χ2n) is 3.86. The van der Waals surface area contributed by atoms with E-state index in [0.29, 0.717) is 17.4 Å². The van der Waals surface area contributed by atoms with E-state index < -0.39 is 11.8 Å².